The molecule has 1 aromatic rings. The minimum atomic E-state index is -1.70. The van der Waals surface area contributed by atoms with Crippen LogP contribution in [0.1, 0.15) is 26.2 Å². The quantitative estimate of drug-likeness (QED) is 0.481. The third-order valence-electron chi connectivity index (χ3n) is 4.49. The van der Waals surface area contributed by atoms with E-state index in [-0.39, 0.29) is 44.3 Å². The summed E-state index contributed by atoms with van der Waals surface area (Å²) in [6, 6.07) is 1.14. The number of benzene rings is 1. The van der Waals surface area contributed by atoms with Crippen LogP contribution >= 0.6 is 0 Å². The number of hydrogen-bond acceptors (Lipinski definition) is 4. The van der Waals surface area contributed by atoms with Crippen molar-refractivity contribution in [2.45, 2.75) is 26.2 Å². The maximum atomic E-state index is 13.7. The molecular formula is C19H23F3N4O4. The molecule has 0 atom stereocenters. The summed E-state index contributed by atoms with van der Waals surface area (Å²) in [5, 5.41) is 2.12. The topological polar surface area (TPSA) is 90.0 Å². The van der Waals surface area contributed by atoms with Crippen molar-refractivity contribution < 1.29 is 32.3 Å². The Morgan fingerprint density at radius 3 is 2.47 bits per heavy atom. The van der Waals surface area contributed by atoms with E-state index in [1.165, 1.54) is 16.8 Å². The first-order valence-corrected chi connectivity index (χ1v) is 9.42. The van der Waals surface area contributed by atoms with Gasteiger partial charge in [0.15, 0.2) is 17.5 Å². The monoisotopic (exact) mass is 428 g/mol. The van der Waals surface area contributed by atoms with Crippen LogP contribution in [0.2, 0.25) is 0 Å². The van der Waals surface area contributed by atoms with Crippen LogP contribution in [0.15, 0.2) is 12.1 Å². The maximum absolute atomic E-state index is 13.7. The molecule has 0 bridgehead atoms. The average molecular weight is 428 g/mol. The van der Waals surface area contributed by atoms with Crippen LogP contribution in [0, 0.1) is 17.5 Å². The van der Waals surface area contributed by atoms with Gasteiger partial charge in [0.1, 0.15) is 6.54 Å². The predicted octanol–water partition coefficient (Wildman–Crippen LogP) is 1.96. The van der Waals surface area contributed by atoms with Crippen molar-refractivity contribution in [3.8, 4) is 0 Å². The van der Waals surface area contributed by atoms with Gasteiger partial charge in [0.05, 0.1) is 12.2 Å². The average Bonchev–Trinajstić information content (AvgIpc) is 2.94. The molecule has 0 radical (unpaired) electrons. The molecule has 164 valence electrons. The molecule has 1 aliphatic rings. The summed E-state index contributed by atoms with van der Waals surface area (Å²) >= 11 is 0. The highest BCUT2D eigenvalue weighted by Gasteiger charge is 2.33. The van der Waals surface area contributed by atoms with Crippen LogP contribution in [0.4, 0.5) is 23.7 Å². The van der Waals surface area contributed by atoms with Crippen molar-refractivity contribution in [2.24, 2.45) is 0 Å². The fraction of sp³-hybridized carbons (Fsp3) is 0.474. The molecule has 0 unspecified atom stereocenters. The summed E-state index contributed by atoms with van der Waals surface area (Å²) in [6.07, 6.45) is 0.768. The van der Waals surface area contributed by atoms with E-state index in [0.717, 1.165) is 11.0 Å². The van der Waals surface area contributed by atoms with Gasteiger partial charge in [-0.3, -0.25) is 19.3 Å². The molecule has 1 saturated heterocycles. The fourth-order valence-electron chi connectivity index (χ4n) is 2.98. The maximum Gasteiger partial charge on any atom is 0.326 e. The molecule has 1 aromatic carbocycles. The number of imide groups is 1. The van der Waals surface area contributed by atoms with E-state index < -0.39 is 41.6 Å². The Hall–Kier alpha value is -3.11. The number of likely N-dealkylation sites (N-methyl/N-ethyl adjacent to an activating group) is 1. The van der Waals surface area contributed by atoms with Gasteiger partial charge in [-0.15, -0.1) is 0 Å². The number of amides is 5. The van der Waals surface area contributed by atoms with E-state index in [4.69, 9.17) is 0 Å². The molecule has 5 amide bonds. The first kappa shape index (κ1) is 23.2. The molecule has 0 aromatic heterocycles. The zero-order valence-electron chi connectivity index (χ0n) is 16.7. The second-order valence-corrected chi connectivity index (χ2v) is 6.87. The van der Waals surface area contributed by atoms with E-state index in [9.17, 15) is 32.3 Å². The third kappa shape index (κ3) is 5.49. The standard InChI is InChI=1S/C19H23F3N4O4/c1-3-8-25(10-14(27)23-13-7-6-12(20)17(21)18(13)22)15(28)5-4-9-26-16(29)11-24(2)19(26)30/h6-7H,3-5,8-11H2,1-2H3,(H,23,27). The Balaban J connectivity index is 1.90. The Labute approximate surface area is 171 Å². The molecular weight excluding hydrogens is 405 g/mol. The van der Waals surface area contributed by atoms with E-state index >= 15 is 0 Å². The van der Waals surface area contributed by atoms with Crippen LogP contribution in [0.25, 0.3) is 0 Å². The lowest BCUT2D eigenvalue weighted by Crippen LogP contribution is -2.39. The Morgan fingerprint density at radius 1 is 1.17 bits per heavy atom. The molecule has 0 spiro atoms. The number of halogens is 3. The number of nitrogens with one attached hydrogen (secondary N) is 1. The van der Waals surface area contributed by atoms with Crippen LogP contribution in [0.3, 0.4) is 0 Å². The lowest BCUT2D eigenvalue weighted by Gasteiger charge is -2.22. The van der Waals surface area contributed by atoms with Crippen molar-refractivity contribution >= 4 is 29.4 Å². The number of urea groups is 1. The lowest BCUT2D eigenvalue weighted by molar-refractivity contribution is -0.135. The number of nitrogens with zero attached hydrogens (tertiary/aromatic N) is 3. The lowest BCUT2D eigenvalue weighted by atomic mass is 10.2. The van der Waals surface area contributed by atoms with Crippen molar-refractivity contribution in [3.63, 3.8) is 0 Å². The van der Waals surface area contributed by atoms with E-state index in [1.54, 1.807) is 6.92 Å². The predicted molar refractivity (Wildman–Crippen MR) is 101 cm³/mol. The second-order valence-electron chi connectivity index (χ2n) is 6.87. The van der Waals surface area contributed by atoms with E-state index in [1.807, 2.05) is 0 Å². The summed E-state index contributed by atoms with van der Waals surface area (Å²) < 4.78 is 40.0. The summed E-state index contributed by atoms with van der Waals surface area (Å²) in [6.45, 7) is 1.71. The molecule has 1 aliphatic heterocycles. The molecule has 30 heavy (non-hydrogen) atoms. The van der Waals surface area contributed by atoms with Gasteiger partial charge in [-0.2, -0.15) is 0 Å². The molecule has 0 saturated carbocycles. The number of carbonyl (C=O) groups excluding carboxylic acids is 4. The molecule has 2 rings (SSSR count). The number of hydrogen-bond donors (Lipinski definition) is 1. The van der Waals surface area contributed by atoms with Crippen molar-refractivity contribution in [1.29, 1.82) is 0 Å². The number of anilines is 1. The zero-order valence-corrected chi connectivity index (χ0v) is 16.7. The smallest absolute Gasteiger partial charge is 0.326 e. The highest BCUT2D eigenvalue weighted by Crippen LogP contribution is 2.19. The van der Waals surface area contributed by atoms with Gasteiger partial charge in [0.2, 0.25) is 17.7 Å². The van der Waals surface area contributed by atoms with Gasteiger partial charge in [0.25, 0.3) is 0 Å². The van der Waals surface area contributed by atoms with Crippen LogP contribution in [-0.4, -0.2) is 71.7 Å². The van der Waals surface area contributed by atoms with Gasteiger partial charge in [0, 0.05) is 26.6 Å². The van der Waals surface area contributed by atoms with Gasteiger partial charge >= 0.3 is 6.03 Å². The minimum absolute atomic E-state index is 0.00451. The third-order valence-corrected chi connectivity index (χ3v) is 4.49. The summed E-state index contributed by atoms with van der Waals surface area (Å²) in [7, 11) is 1.50. The highest BCUT2D eigenvalue weighted by atomic mass is 19.2. The summed E-state index contributed by atoms with van der Waals surface area (Å²) in [5.41, 5.74) is -0.530. The molecule has 1 heterocycles. The second kappa shape index (κ2) is 10.1. The van der Waals surface area contributed by atoms with Gasteiger partial charge in [-0.05, 0) is 25.0 Å². The normalized spacial score (nSPS) is 13.8. The first-order chi connectivity index (χ1) is 14.1. The zero-order chi connectivity index (χ0) is 22.4. The first-order valence-electron chi connectivity index (χ1n) is 9.42. The van der Waals surface area contributed by atoms with Crippen molar-refractivity contribution in [1.82, 2.24) is 14.7 Å². The molecule has 1 N–H and O–H groups in total. The largest absolute Gasteiger partial charge is 0.333 e. The van der Waals surface area contributed by atoms with Gasteiger partial charge in [-0.1, -0.05) is 6.92 Å². The fourth-order valence-corrected chi connectivity index (χ4v) is 2.98. The Bertz CT molecular complexity index is 849. The van der Waals surface area contributed by atoms with Crippen LogP contribution in [-0.2, 0) is 14.4 Å². The SMILES string of the molecule is CCCN(CC(=O)Nc1ccc(F)c(F)c1F)C(=O)CCCN1C(=O)CN(C)C1=O. The van der Waals surface area contributed by atoms with Crippen molar-refractivity contribution in [2.75, 3.05) is 38.5 Å². The summed E-state index contributed by atoms with van der Waals surface area (Å²) in [5.74, 6) is -6.10. The molecule has 1 fully saturated rings. The molecule has 11 heteroatoms. The van der Waals surface area contributed by atoms with Gasteiger partial charge < -0.3 is 15.1 Å². The van der Waals surface area contributed by atoms with E-state index in [0.29, 0.717) is 12.5 Å². The van der Waals surface area contributed by atoms with E-state index in [2.05, 4.69) is 5.32 Å². The van der Waals surface area contributed by atoms with Crippen molar-refractivity contribution in [3.05, 3.63) is 29.6 Å². The highest BCUT2D eigenvalue weighted by molar-refractivity contribution is 6.01. The Kier molecular flexibility index (Phi) is 7.79. The number of rotatable bonds is 9. The molecule has 0 aliphatic carbocycles. The Morgan fingerprint density at radius 2 is 1.87 bits per heavy atom. The molecule has 8 nitrogen and oxygen atoms in total. The number of carbonyl (C=O) groups is 4. The van der Waals surface area contributed by atoms with Crippen LogP contribution < -0.4 is 5.32 Å². The summed E-state index contributed by atoms with van der Waals surface area (Å²) in [4.78, 5) is 51.8. The minimum Gasteiger partial charge on any atom is -0.333 e. The van der Waals surface area contributed by atoms with Crippen LogP contribution in [0.5, 0.6) is 0 Å². The van der Waals surface area contributed by atoms with Gasteiger partial charge in [-0.25, -0.2) is 18.0 Å².